The van der Waals surface area contributed by atoms with Crippen LogP contribution < -0.4 is 4.72 Å². The van der Waals surface area contributed by atoms with E-state index in [2.05, 4.69) is 9.82 Å². The molecule has 0 saturated heterocycles. The Bertz CT molecular complexity index is 723. The lowest BCUT2D eigenvalue weighted by Gasteiger charge is -2.11. The van der Waals surface area contributed by atoms with E-state index in [9.17, 15) is 8.42 Å². The van der Waals surface area contributed by atoms with Gasteiger partial charge in [0.2, 0.25) is 0 Å². The molecule has 0 bridgehead atoms. The normalized spacial score (nSPS) is 11.6. The van der Waals surface area contributed by atoms with Crippen LogP contribution in [-0.4, -0.2) is 18.2 Å². The highest BCUT2D eigenvalue weighted by molar-refractivity contribution is 7.92. The molecule has 7 heteroatoms. The van der Waals surface area contributed by atoms with Gasteiger partial charge in [0.05, 0.1) is 17.6 Å². The van der Waals surface area contributed by atoms with Crippen LogP contribution in [0.1, 0.15) is 11.3 Å². The predicted molar refractivity (Wildman–Crippen MR) is 74.9 cm³/mol. The van der Waals surface area contributed by atoms with E-state index in [1.165, 1.54) is 10.9 Å². The molecular weight excluding hydrogens is 286 g/mol. The van der Waals surface area contributed by atoms with Crippen LogP contribution >= 0.6 is 11.6 Å². The van der Waals surface area contributed by atoms with Crippen LogP contribution in [0.2, 0.25) is 5.02 Å². The Labute approximate surface area is 117 Å². The molecule has 0 unspecified atom stereocenters. The summed E-state index contributed by atoms with van der Waals surface area (Å²) in [5, 5.41) is 4.45. The number of nitrogens with one attached hydrogen (secondary N) is 1. The molecule has 0 amide bonds. The maximum Gasteiger partial charge on any atom is 0.265 e. The van der Waals surface area contributed by atoms with Crippen molar-refractivity contribution in [2.45, 2.75) is 18.7 Å². The number of anilines is 1. The molecule has 0 fully saturated rings. The van der Waals surface area contributed by atoms with Crippen LogP contribution in [0.25, 0.3) is 0 Å². The maximum absolute atomic E-state index is 12.3. The van der Waals surface area contributed by atoms with Crippen molar-refractivity contribution in [3.05, 3.63) is 40.7 Å². The smallest absolute Gasteiger partial charge is 0.265 e. The van der Waals surface area contributed by atoms with Gasteiger partial charge in [-0.25, -0.2) is 8.42 Å². The number of nitrogens with zero attached hydrogens (tertiary/aromatic N) is 2. The van der Waals surface area contributed by atoms with Crippen molar-refractivity contribution in [2.24, 2.45) is 7.05 Å². The Balaban J connectivity index is 2.42. The third-order valence-electron chi connectivity index (χ3n) is 2.99. The summed E-state index contributed by atoms with van der Waals surface area (Å²) in [6.07, 6.45) is 1.33. The second-order valence-electron chi connectivity index (χ2n) is 4.24. The van der Waals surface area contributed by atoms with E-state index in [4.69, 9.17) is 11.6 Å². The molecule has 0 aliphatic heterocycles. The molecular formula is C12H14ClN3O2S. The lowest BCUT2D eigenvalue weighted by atomic mass is 10.2. The van der Waals surface area contributed by atoms with Gasteiger partial charge in [0.25, 0.3) is 10.0 Å². The summed E-state index contributed by atoms with van der Waals surface area (Å²) in [5.74, 6) is 0. The van der Waals surface area contributed by atoms with Gasteiger partial charge in [-0.2, -0.15) is 5.10 Å². The average Bonchev–Trinajstić information content (AvgIpc) is 2.66. The van der Waals surface area contributed by atoms with E-state index >= 15 is 0 Å². The van der Waals surface area contributed by atoms with Gasteiger partial charge in [-0.3, -0.25) is 9.40 Å². The number of halogens is 1. The monoisotopic (exact) mass is 299 g/mol. The standard InChI is InChI=1S/C12H14ClN3O2S/c1-8-10(13)5-4-6-11(8)15-19(17,18)12-7-14-16(3)9(12)2/h4-7,15H,1-3H3. The van der Waals surface area contributed by atoms with E-state index in [1.807, 2.05) is 0 Å². The lowest BCUT2D eigenvalue weighted by molar-refractivity contribution is 0.600. The maximum atomic E-state index is 12.3. The topological polar surface area (TPSA) is 64.0 Å². The van der Waals surface area contributed by atoms with Crippen LogP contribution in [0.15, 0.2) is 29.3 Å². The number of benzene rings is 1. The molecule has 0 spiro atoms. The van der Waals surface area contributed by atoms with Crippen molar-refractivity contribution in [1.29, 1.82) is 0 Å². The van der Waals surface area contributed by atoms with E-state index < -0.39 is 10.0 Å². The third kappa shape index (κ3) is 2.59. The first-order valence-corrected chi connectivity index (χ1v) is 7.45. The Morgan fingerprint density at radius 3 is 2.58 bits per heavy atom. The number of sulfonamides is 1. The Hall–Kier alpha value is -1.53. The Morgan fingerprint density at radius 2 is 2.00 bits per heavy atom. The molecule has 2 rings (SSSR count). The molecule has 0 saturated carbocycles. The minimum atomic E-state index is -3.65. The van der Waals surface area contributed by atoms with Gasteiger partial charge in [-0.05, 0) is 31.5 Å². The van der Waals surface area contributed by atoms with Gasteiger partial charge in [-0.15, -0.1) is 0 Å². The lowest BCUT2D eigenvalue weighted by Crippen LogP contribution is -2.14. The van der Waals surface area contributed by atoms with Gasteiger partial charge in [-0.1, -0.05) is 17.7 Å². The molecule has 0 aliphatic rings. The predicted octanol–water partition coefficient (Wildman–Crippen LogP) is 2.49. The summed E-state index contributed by atoms with van der Waals surface area (Å²) in [4.78, 5) is 0.161. The van der Waals surface area contributed by atoms with Gasteiger partial charge in [0, 0.05) is 12.1 Å². The van der Waals surface area contributed by atoms with Gasteiger partial charge in [0.1, 0.15) is 4.90 Å². The summed E-state index contributed by atoms with van der Waals surface area (Å²) < 4.78 is 28.6. The van der Waals surface area contributed by atoms with E-state index in [0.29, 0.717) is 22.0 Å². The van der Waals surface area contributed by atoms with Gasteiger partial charge in [0.15, 0.2) is 0 Å². The number of hydrogen-bond acceptors (Lipinski definition) is 3. The first-order chi connectivity index (χ1) is 8.83. The molecule has 5 nitrogen and oxygen atoms in total. The molecule has 19 heavy (non-hydrogen) atoms. The second-order valence-corrected chi connectivity index (χ2v) is 6.29. The quantitative estimate of drug-likeness (QED) is 0.947. The molecule has 2 aromatic rings. The van der Waals surface area contributed by atoms with Crippen molar-refractivity contribution < 1.29 is 8.42 Å². The number of rotatable bonds is 3. The molecule has 1 aromatic carbocycles. The number of hydrogen-bond donors (Lipinski definition) is 1. The summed E-state index contributed by atoms with van der Waals surface area (Å²) in [6.45, 7) is 3.46. The van der Waals surface area contributed by atoms with Crippen molar-refractivity contribution in [3.8, 4) is 0 Å². The number of aromatic nitrogens is 2. The fraction of sp³-hybridized carbons (Fsp3) is 0.250. The first kappa shape index (κ1) is 13.9. The van der Waals surface area contributed by atoms with Crippen molar-refractivity contribution in [1.82, 2.24) is 9.78 Å². The van der Waals surface area contributed by atoms with Crippen LogP contribution in [0.5, 0.6) is 0 Å². The summed E-state index contributed by atoms with van der Waals surface area (Å²) in [7, 11) is -1.96. The van der Waals surface area contributed by atoms with Crippen LogP contribution in [0.3, 0.4) is 0 Å². The molecule has 0 aliphatic carbocycles. The zero-order valence-electron chi connectivity index (χ0n) is 10.8. The molecule has 1 N–H and O–H groups in total. The molecule has 102 valence electrons. The van der Waals surface area contributed by atoms with E-state index in [-0.39, 0.29) is 4.90 Å². The minimum Gasteiger partial charge on any atom is -0.279 e. The first-order valence-electron chi connectivity index (χ1n) is 5.59. The summed E-state index contributed by atoms with van der Waals surface area (Å²) >= 11 is 5.97. The van der Waals surface area contributed by atoms with Crippen molar-refractivity contribution in [3.63, 3.8) is 0 Å². The highest BCUT2D eigenvalue weighted by Gasteiger charge is 2.20. The SMILES string of the molecule is Cc1c(Cl)cccc1NS(=O)(=O)c1cnn(C)c1C. The summed E-state index contributed by atoms with van der Waals surface area (Å²) in [5.41, 5.74) is 1.73. The van der Waals surface area contributed by atoms with E-state index in [1.54, 1.807) is 39.1 Å². The van der Waals surface area contributed by atoms with Crippen molar-refractivity contribution in [2.75, 3.05) is 4.72 Å². The summed E-state index contributed by atoms with van der Waals surface area (Å²) in [6, 6.07) is 5.08. The molecule has 0 radical (unpaired) electrons. The van der Waals surface area contributed by atoms with Gasteiger partial charge >= 0.3 is 0 Å². The largest absolute Gasteiger partial charge is 0.279 e. The van der Waals surface area contributed by atoms with E-state index in [0.717, 1.165) is 0 Å². The van der Waals surface area contributed by atoms with Crippen molar-refractivity contribution >= 4 is 27.3 Å². The van der Waals surface area contributed by atoms with Crippen LogP contribution in [0, 0.1) is 13.8 Å². The number of aryl methyl sites for hydroxylation is 1. The highest BCUT2D eigenvalue weighted by atomic mass is 35.5. The van der Waals surface area contributed by atoms with Crippen LogP contribution in [0.4, 0.5) is 5.69 Å². The molecule has 0 atom stereocenters. The Morgan fingerprint density at radius 1 is 1.32 bits per heavy atom. The fourth-order valence-corrected chi connectivity index (χ4v) is 3.16. The highest BCUT2D eigenvalue weighted by Crippen LogP contribution is 2.26. The zero-order chi connectivity index (χ0) is 14.2. The fourth-order valence-electron chi connectivity index (χ4n) is 1.66. The van der Waals surface area contributed by atoms with Gasteiger partial charge < -0.3 is 0 Å². The third-order valence-corrected chi connectivity index (χ3v) is 4.87. The zero-order valence-corrected chi connectivity index (χ0v) is 12.4. The van der Waals surface area contributed by atoms with Crippen LogP contribution in [-0.2, 0) is 17.1 Å². The second kappa shape index (κ2) is 4.86. The average molecular weight is 300 g/mol. The minimum absolute atomic E-state index is 0.161. The molecule has 1 aromatic heterocycles. The Kier molecular flexibility index (Phi) is 3.56. The molecule has 1 heterocycles.